The number of ether oxygens (including phenoxy) is 2. The van der Waals surface area contributed by atoms with Crippen LogP contribution in [0.25, 0.3) is 0 Å². The first-order valence-corrected chi connectivity index (χ1v) is 9.09. The quantitative estimate of drug-likeness (QED) is 0.559. The highest BCUT2D eigenvalue weighted by atomic mass is 32.2. The average molecular weight is 387 g/mol. The Kier molecular flexibility index (Phi) is 7.34. The lowest BCUT2D eigenvalue weighted by atomic mass is 10.1. The summed E-state index contributed by atoms with van der Waals surface area (Å²) in [6.07, 6.45) is 1.69. The van der Waals surface area contributed by atoms with Gasteiger partial charge in [-0.1, -0.05) is 0 Å². The van der Waals surface area contributed by atoms with E-state index in [1.54, 1.807) is 30.5 Å². The van der Waals surface area contributed by atoms with E-state index in [-0.39, 0.29) is 35.3 Å². The highest BCUT2D eigenvalue weighted by Crippen LogP contribution is 2.30. The monoisotopic (exact) mass is 387 g/mol. The van der Waals surface area contributed by atoms with Crippen LogP contribution in [0.5, 0.6) is 11.5 Å². The lowest BCUT2D eigenvalue weighted by Gasteiger charge is -2.14. The van der Waals surface area contributed by atoms with Gasteiger partial charge in [-0.3, -0.25) is 5.41 Å². The minimum Gasteiger partial charge on any atom is -0.497 e. The van der Waals surface area contributed by atoms with Gasteiger partial charge in [0.15, 0.2) is 11.6 Å². The molecule has 0 amide bonds. The highest BCUT2D eigenvalue weighted by Gasteiger charge is 2.20. The Morgan fingerprint density at radius 1 is 1.33 bits per heavy atom. The summed E-state index contributed by atoms with van der Waals surface area (Å²) in [6, 6.07) is 11.3. The van der Waals surface area contributed by atoms with Gasteiger partial charge in [-0.25, -0.2) is 9.38 Å². The third kappa shape index (κ3) is 5.06. The Morgan fingerprint density at radius 2 is 2.04 bits per heavy atom. The van der Waals surface area contributed by atoms with E-state index in [0.717, 1.165) is 11.8 Å². The van der Waals surface area contributed by atoms with Crippen molar-refractivity contribution in [1.82, 2.24) is 0 Å². The van der Waals surface area contributed by atoms with Crippen molar-refractivity contribution in [3.63, 3.8) is 0 Å². The summed E-state index contributed by atoms with van der Waals surface area (Å²) >= 11 is 1.11. The van der Waals surface area contributed by atoms with Gasteiger partial charge in [-0.05, 0) is 36.6 Å². The smallest absolute Gasteiger partial charge is 0.174 e. The molecule has 2 aromatic carbocycles. The molecule has 140 valence electrons. The predicted molar refractivity (Wildman–Crippen MR) is 104 cm³/mol. The van der Waals surface area contributed by atoms with Crippen LogP contribution in [0.4, 0.5) is 10.1 Å². The number of hydrogen-bond donors (Lipinski definition) is 2. The number of nitriles is 1. The first-order valence-electron chi connectivity index (χ1n) is 7.87. The highest BCUT2D eigenvalue weighted by molar-refractivity contribution is 8.15. The first kappa shape index (κ1) is 20.4. The summed E-state index contributed by atoms with van der Waals surface area (Å²) in [5.41, 5.74) is 1.11. The Hall–Kier alpha value is -2.89. The van der Waals surface area contributed by atoms with Crippen molar-refractivity contribution in [2.24, 2.45) is 4.99 Å². The van der Waals surface area contributed by atoms with E-state index in [0.29, 0.717) is 17.0 Å². The zero-order valence-corrected chi connectivity index (χ0v) is 15.6. The van der Waals surface area contributed by atoms with E-state index >= 15 is 0 Å². The SMILES string of the molecule is COc1cc(OCCO)c(F)c(C(=Nc2ccc(C#N)cc2)C(=N)SC)c1. The van der Waals surface area contributed by atoms with E-state index in [9.17, 15) is 4.39 Å². The molecule has 0 heterocycles. The zero-order valence-electron chi connectivity index (χ0n) is 14.8. The van der Waals surface area contributed by atoms with E-state index in [4.69, 9.17) is 25.3 Å². The molecule has 6 nitrogen and oxygen atoms in total. The number of aliphatic imine (C=N–C) groups is 1. The second-order valence-electron chi connectivity index (χ2n) is 5.21. The van der Waals surface area contributed by atoms with Crippen molar-refractivity contribution < 1.29 is 19.0 Å². The minimum absolute atomic E-state index is 0.0472. The van der Waals surface area contributed by atoms with Crippen LogP contribution in [0, 0.1) is 22.6 Å². The van der Waals surface area contributed by atoms with Gasteiger partial charge in [0.25, 0.3) is 0 Å². The average Bonchev–Trinajstić information content (AvgIpc) is 2.71. The Labute approximate surface area is 160 Å². The number of methoxy groups -OCH3 is 1. The van der Waals surface area contributed by atoms with Crippen molar-refractivity contribution in [2.45, 2.75) is 0 Å². The van der Waals surface area contributed by atoms with Crippen LogP contribution in [-0.2, 0) is 0 Å². The number of benzene rings is 2. The number of aliphatic hydroxyl groups excluding tert-OH is 1. The maximum atomic E-state index is 15.0. The minimum atomic E-state index is -0.699. The van der Waals surface area contributed by atoms with Gasteiger partial charge in [-0.15, -0.1) is 11.8 Å². The number of nitrogens with zero attached hydrogens (tertiary/aromatic N) is 2. The fourth-order valence-corrected chi connectivity index (χ4v) is 2.54. The molecule has 2 N–H and O–H groups in total. The second kappa shape index (κ2) is 9.71. The Morgan fingerprint density at radius 3 is 2.59 bits per heavy atom. The second-order valence-corrected chi connectivity index (χ2v) is 6.03. The van der Waals surface area contributed by atoms with Gasteiger partial charge in [-0.2, -0.15) is 5.26 Å². The molecule has 0 aromatic heterocycles. The Balaban J connectivity index is 2.60. The van der Waals surface area contributed by atoms with Crippen LogP contribution in [0.3, 0.4) is 0 Å². The van der Waals surface area contributed by atoms with Gasteiger partial charge in [0.1, 0.15) is 23.1 Å². The van der Waals surface area contributed by atoms with E-state index in [1.165, 1.54) is 19.2 Å². The van der Waals surface area contributed by atoms with Crippen LogP contribution in [0.2, 0.25) is 0 Å². The third-order valence-corrected chi connectivity index (χ3v) is 4.11. The molecule has 0 fully saturated rings. The van der Waals surface area contributed by atoms with Crippen molar-refractivity contribution in [3.05, 3.63) is 53.3 Å². The maximum absolute atomic E-state index is 15.0. The van der Waals surface area contributed by atoms with Crippen LogP contribution in [0.15, 0.2) is 41.4 Å². The molecule has 0 aliphatic carbocycles. The molecule has 0 radical (unpaired) electrons. The summed E-state index contributed by atoms with van der Waals surface area (Å²) in [4.78, 5) is 4.39. The maximum Gasteiger partial charge on any atom is 0.174 e. The van der Waals surface area contributed by atoms with E-state index in [2.05, 4.69) is 4.99 Å². The molecule has 0 bridgehead atoms. The van der Waals surface area contributed by atoms with Crippen molar-refractivity contribution in [3.8, 4) is 17.6 Å². The molecular formula is C19H18FN3O3S. The molecule has 2 rings (SSSR count). The summed E-state index contributed by atoms with van der Waals surface area (Å²) in [6.45, 7) is -0.343. The van der Waals surface area contributed by atoms with Crippen molar-refractivity contribution in [2.75, 3.05) is 26.6 Å². The third-order valence-electron chi connectivity index (χ3n) is 3.51. The van der Waals surface area contributed by atoms with E-state index < -0.39 is 5.82 Å². The summed E-state index contributed by atoms with van der Waals surface area (Å²) in [5, 5.41) is 26.1. The molecule has 27 heavy (non-hydrogen) atoms. The number of nitrogens with one attached hydrogen (secondary N) is 1. The molecule has 8 heteroatoms. The molecule has 0 atom stereocenters. The van der Waals surface area contributed by atoms with Crippen LogP contribution >= 0.6 is 11.8 Å². The Bertz CT molecular complexity index is 892. The number of halogens is 1. The largest absolute Gasteiger partial charge is 0.497 e. The normalized spacial score (nSPS) is 11.0. The standard InChI is InChI=1S/C19H18FN3O3S/c1-25-14-9-15(17(20)16(10-14)26-8-7-24)18(19(22)27-2)23-13-5-3-12(11-21)4-6-13/h3-6,9-10,22,24H,7-8H2,1-2H3. The van der Waals surface area contributed by atoms with Crippen LogP contribution in [-0.4, -0.2) is 42.4 Å². The van der Waals surface area contributed by atoms with Crippen molar-refractivity contribution in [1.29, 1.82) is 10.7 Å². The molecular weight excluding hydrogens is 369 g/mol. The van der Waals surface area contributed by atoms with E-state index in [1.807, 2.05) is 6.07 Å². The van der Waals surface area contributed by atoms with Gasteiger partial charge in [0.2, 0.25) is 0 Å². The molecule has 0 saturated heterocycles. The summed E-state index contributed by atoms with van der Waals surface area (Å²) in [7, 11) is 1.43. The molecule has 0 saturated carbocycles. The fraction of sp³-hybridized carbons (Fsp3) is 0.211. The van der Waals surface area contributed by atoms with Gasteiger partial charge in [0.05, 0.1) is 31.0 Å². The van der Waals surface area contributed by atoms with Gasteiger partial charge in [0, 0.05) is 11.6 Å². The lowest BCUT2D eigenvalue weighted by Crippen LogP contribution is -2.14. The lowest BCUT2D eigenvalue weighted by molar-refractivity contribution is 0.196. The van der Waals surface area contributed by atoms with Gasteiger partial charge >= 0.3 is 0 Å². The summed E-state index contributed by atoms with van der Waals surface area (Å²) < 4.78 is 25.4. The number of aliphatic hydroxyl groups is 1. The molecule has 0 aliphatic rings. The molecule has 0 aliphatic heterocycles. The van der Waals surface area contributed by atoms with Gasteiger partial charge < -0.3 is 14.6 Å². The zero-order chi connectivity index (χ0) is 19.8. The predicted octanol–water partition coefficient (Wildman–Crippen LogP) is 3.54. The van der Waals surface area contributed by atoms with Crippen LogP contribution < -0.4 is 9.47 Å². The van der Waals surface area contributed by atoms with Crippen LogP contribution in [0.1, 0.15) is 11.1 Å². The van der Waals surface area contributed by atoms with Crippen molar-refractivity contribution >= 4 is 28.2 Å². The number of thioether (sulfide) groups is 1. The number of rotatable bonds is 7. The topological polar surface area (TPSA) is 98.7 Å². The fourth-order valence-electron chi connectivity index (χ4n) is 2.19. The number of hydrogen-bond acceptors (Lipinski definition) is 7. The molecule has 0 spiro atoms. The molecule has 0 unspecified atom stereocenters. The molecule has 2 aromatic rings. The summed E-state index contributed by atoms with van der Waals surface area (Å²) in [5.74, 6) is -0.462. The first-order chi connectivity index (χ1) is 13.0.